The van der Waals surface area contributed by atoms with Crippen molar-refractivity contribution in [1.29, 1.82) is 0 Å². The molecule has 2 aromatic rings. The van der Waals surface area contributed by atoms with E-state index in [1.54, 1.807) is 12.1 Å². The van der Waals surface area contributed by atoms with Gasteiger partial charge in [0.15, 0.2) is 5.82 Å². The molecule has 0 saturated heterocycles. The van der Waals surface area contributed by atoms with E-state index in [1.807, 2.05) is 11.9 Å². The lowest BCUT2D eigenvalue weighted by atomic mass is 10.2. The van der Waals surface area contributed by atoms with Crippen LogP contribution < -0.4 is 4.90 Å². The molecule has 0 atom stereocenters. The Balaban J connectivity index is 1.65. The Kier molecular flexibility index (Phi) is 4.91. The maximum atomic E-state index is 13.0. The van der Waals surface area contributed by atoms with Crippen molar-refractivity contribution in [1.82, 2.24) is 14.8 Å². The molecule has 0 radical (unpaired) electrons. The Bertz CT molecular complexity index is 637. The van der Waals surface area contributed by atoms with E-state index in [-0.39, 0.29) is 5.82 Å². The highest BCUT2D eigenvalue weighted by atomic mass is 19.1. The fourth-order valence-corrected chi connectivity index (χ4v) is 2.57. The van der Waals surface area contributed by atoms with Crippen molar-refractivity contribution in [3.05, 3.63) is 41.5 Å². The van der Waals surface area contributed by atoms with Gasteiger partial charge in [0.1, 0.15) is 12.4 Å². The molecular formula is C17H23FN4O. The summed E-state index contributed by atoms with van der Waals surface area (Å²) in [7, 11) is 1.97. The van der Waals surface area contributed by atoms with Crippen molar-refractivity contribution >= 4 is 5.95 Å². The molecule has 23 heavy (non-hydrogen) atoms. The molecule has 1 aliphatic rings. The Morgan fingerprint density at radius 1 is 1.26 bits per heavy atom. The number of nitrogens with zero attached hydrogens (tertiary/aromatic N) is 4. The van der Waals surface area contributed by atoms with Gasteiger partial charge in [-0.1, -0.05) is 12.1 Å². The van der Waals surface area contributed by atoms with Crippen LogP contribution in [0.15, 0.2) is 24.3 Å². The summed E-state index contributed by atoms with van der Waals surface area (Å²) in [6, 6.07) is 6.53. The third kappa shape index (κ3) is 4.07. The van der Waals surface area contributed by atoms with Gasteiger partial charge in [0.25, 0.3) is 0 Å². The molecule has 1 aliphatic carbocycles. The van der Waals surface area contributed by atoms with Crippen molar-refractivity contribution in [3.8, 4) is 0 Å². The summed E-state index contributed by atoms with van der Waals surface area (Å²) < 4.78 is 20.8. The fraction of sp³-hybridized carbons (Fsp3) is 0.529. The number of aromatic nitrogens is 3. The molecule has 1 saturated carbocycles. The third-order valence-electron chi connectivity index (χ3n) is 4.08. The van der Waals surface area contributed by atoms with Crippen LogP contribution in [-0.2, 0) is 24.4 Å². The van der Waals surface area contributed by atoms with E-state index in [0.29, 0.717) is 13.2 Å². The van der Waals surface area contributed by atoms with Crippen LogP contribution in [0.5, 0.6) is 0 Å². The van der Waals surface area contributed by atoms with Crippen LogP contribution in [0.25, 0.3) is 0 Å². The van der Waals surface area contributed by atoms with E-state index in [4.69, 9.17) is 4.74 Å². The second kappa shape index (κ2) is 7.08. The summed E-state index contributed by atoms with van der Waals surface area (Å²) in [5.41, 5.74) is 1.03. The summed E-state index contributed by atoms with van der Waals surface area (Å²) in [4.78, 5) is 2.02. The minimum Gasteiger partial charge on any atom is -0.373 e. The summed E-state index contributed by atoms with van der Waals surface area (Å²) >= 11 is 0. The van der Waals surface area contributed by atoms with Gasteiger partial charge in [0.2, 0.25) is 5.95 Å². The summed E-state index contributed by atoms with van der Waals surface area (Å²) in [5.74, 6) is 2.19. The van der Waals surface area contributed by atoms with Crippen LogP contribution in [-0.4, -0.2) is 28.4 Å². The molecule has 3 rings (SSSR count). The lowest BCUT2D eigenvalue weighted by molar-refractivity contribution is 0.103. The zero-order valence-electron chi connectivity index (χ0n) is 13.7. The number of hydrogen-bond donors (Lipinski definition) is 0. The molecule has 1 heterocycles. The summed E-state index contributed by atoms with van der Waals surface area (Å²) in [6.07, 6.45) is 2.57. The van der Waals surface area contributed by atoms with Crippen LogP contribution in [0.1, 0.15) is 31.2 Å². The molecular weight excluding hydrogens is 295 g/mol. The van der Waals surface area contributed by atoms with Gasteiger partial charge in [-0.05, 0) is 43.4 Å². The first kappa shape index (κ1) is 15.9. The zero-order valence-corrected chi connectivity index (χ0v) is 13.7. The van der Waals surface area contributed by atoms with Crippen molar-refractivity contribution in [2.75, 3.05) is 18.6 Å². The van der Waals surface area contributed by atoms with Crippen molar-refractivity contribution < 1.29 is 9.13 Å². The normalized spacial score (nSPS) is 14.2. The predicted molar refractivity (Wildman–Crippen MR) is 86.6 cm³/mol. The van der Waals surface area contributed by atoms with Gasteiger partial charge >= 0.3 is 0 Å². The van der Waals surface area contributed by atoms with Crippen LogP contribution in [0, 0.1) is 11.7 Å². The SMILES string of the molecule is CCn1c(COCC2CC2)nnc1N(C)Cc1ccc(F)cc1. The average Bonchev–Trinajstić information content (AvgIpc) is 3.27. The maximum absolute atomic E-state index is 13.0. The van der Waals surface area contributed by atoms with Crippen LogP contribution in [0.4, 0.5) is 10.3 Å². The smallest absolute Gasteiger partial charge is 0.227 e. The number of halogens is 1. The third-order valence-corrected chi connectivity index (χ3v) is 4.08. The molecule has 0 amide bonds. The molecule has 0 bridgehead atoms. The summed E-state index contributed by atoms with van der Waals surface area (Å²) in [5, 5.41) is 8.57. The Hall–Kier alpha value is -1.95. The first-order valence-electron chi connectivity index (χ1n) is 8.12. The van der Waals surface area contributed by atoms with E-state index >= 15 is 0 Å². The Morgan fingerprint density at radius 3 is 2.65 bits per heavy atom. The zero-order chi connectivity index (χ0) is 16.2. The minimum atomic E-state index is -0.219. The van der Waals surface area contributed by atoms with Crippen LogP contribution in [0.3, 0.4) is 0 Å². The van der Waals surface area contributed by atoms with Gasteiger partial charge in [-0.25, -0.2) is 4.39 Å². The Labute approximate surface area is 136 Å². The van der Waals surface area contributed by atoms with E-state index in [1.165, 1.54) is 25.0 Å². The molecule has 0 spiro atoms. The number of ether oxygens (including phenoxy) is 1. The van der Waals surface area contributed by atoms with Gasteiger partial charge < -0.3 is 9.64 Å². The largest absolute Gasteiger partial charge is 0.373 e. The molecule has 1 aromatic carbocycles. The fourth-order valence-electron chi connectivity index (χ4n) is 2.57. The monoisotopic (exact) mass is 318 g/mol. The number of rotatable bonds is 8. The van der Waals surface area contributed by atoms with Crippen LogP contribution in [0.2, 0.25) is 0 Å². The quantitative estimate of drug-likeness (QED) is 0.750. The van der Waals surface area contributed by atoms with Crippen molar-refractivity contribution in [2.24, 2.45) is 5.92 Å². The number of hydrogen-bond acceptors (Lipinski definition) is 4. The molecule has 124 valence electrons. The molecule has 1 aromatic heterocycles. The molecule has 1 fully saturated rings. The van der Waals surface area contributed by atoms with Gasteiger partial charge in [-0.15, -0.1) is 10.2 Å². The Morgan fingerprint density at radius 2 is 2.00 bits per heavy atom. The van der Waals surface area contributed by atoms with Gasteiger partial charge in [0.05, 0.1) is 0 Å². The molecule has 0 aliphatic heterocycles. The highest BCUT2D eigenvalue weighted by molar-refractivity contribution is 5.32. The highest BCUT2D eigenvalue weighted by Gasteiger charge is 2.22. The molecule has 0 N–H and O–H groups in total. The van der Waals surface area contributed by atoms with Gasteiger partial charge in [-0.3, -0.25) is 4.57 Å². The first-order valence-corrected chi connectivity index (χ1v) is 8.12. The lowest BCUT2D eigenvalue weighted by Gasteiger charge is -2.19. The van der Waals surface area contributed by atoms with Crippen molar-refractivity contribution in [3.63, 3.8) is 0 Å². The standard InChI is InChI=1S/C17H23FN4O/c1-3-22-16(12-23-11-14-4-5-14)19-20-17(22)21(2)10-13-6-8-15(18)9-7-13/h6-9,14H,3-5,10-12H2,1-2H3. The highest BCUT2D eigenvalue weighted by Crippen LogP contribution is 2.29. The molecule has 5 nitrogen and oxygen atoms in total. The summed E-state index contributed by atoms with van der Waals surface area (Å²) in [6.45, 7) is 4.83. The predicted octanol–water partition coefficient (Wildman–Crippen LogP) is 3.00. The molecule has 0 unspecified atom stereocenters. The molecule has 6 heteroatoms. The minimum absolute atomic E-state index is 0.219. The average molecular weight is 318 g/mol. The van der Waals surface area contributed by atoms with Crippen LogP contribution >= 0.6 is 0 Å². The topological polar surface area (TPSA) is 43.2 Å². The maximum Gasteiger partial charge on any atom is 0.227 e. The van der Waals surface area contributed by atoms with E-state index in [9.17, 15) is 4.39 Å². The number of benzene rings is 1. The van der Waals surface area contributed by atoms with Gasteiger partial charge in [-0.2, -0.15) is 0 Å². The second-order valence-electron chi connectivity index (χ2n) is 6.10. The van der Waals surface area contributed by atoms with E-state index < -0.39 is 0 Å². The second-order valence-corrected chi connectivity index (χ2v) is 6.10. The first-order chi connectivity index (χ1) is 11.2. The number of anilines is 1. The van der Waals surface area contributed by atoms with Crippen molar-refractivity contribution in [2.45, 2.75) is 39.5 Å². The van der Waals surface area contributed by atoms with E-state index in [2.05, 4.69) is 21.7 Å². The van der Waals surface area contributed by atoms with E-state index in [0.717, 1.165) is 36.4 Å². The lowest BCUT2D eigenvalue weighted by Crippen LogP contribution is -2.21. The van der Waals surface area contributed by atoms with Gasteiger partial charge in [0, 0.05) is 26.7 Å².